The zero-order valence-corrected chi connectivity index (χ0v) is 21.3. The molecular weight excluding hydrogens is 482 g/mol. The quantitative estimate of drug-likeness (QED) is 0.419. The summed E-state index contributed by atoms with van der Waals surface area (Å²) in [6, 6.07) is 16.2. The van der Waals surface area contributed by atoms with E-state index in [1.165, 1.54) is 18.4 Å². The Morgan fingerprint density at radius 1 is 0.974 bits per heavy atom. The number of rotatable bonds is 6. The number of nitrogens with one attached hydrogen (secondary N) is 1. The predicted octanol–water partition coefficient (Wildman–Crippen LogP) is 3.27. The standard InChI is InChI=1S/C28H31N7O3/c36-28-22(14-20-15-24-25(38-18-37-24)16-23(20)29-28)26(27-30-31-32-35(27)21-8-4-5-9-21)34-12-10-33(11-13-34)17-19-6-2-1-3-7-19/h1-3,6-7,14-16,21,26H,4-5,8-13,17-18H2,(H,29,36). The molecule has 0 spiro atoms. The summed E-state index contributed by atoms with van der Waals surface area (Å²) in [5.74, 6) is 2.09. The first-order valence-electron chi connectivity index (χ1n) is 13.5. The van der Waals surface area contributed by atoms with E-state index in [1.807, 2.05) is 22.9 Å². The zero-order valence-electron chi connectivity index (χ0n) is 21.3. The molecule has 1 saturated carbocycles. The zero-order chi connectivity index (χ0) is 25.5. The first-order chi connectivity index (χ1) is 18.7. The van der Waals surface area contributed by atoms with Crippen LogP contribution in [0.25, 0.3) is 10.9 Å². The Balaban J connectivity index is 1.25. The molecule has 1 aliphatic carbocycles. The summed E-state index contributed by atoms with van der Waals surface area (Å²) in [5.41, 5.74) is 2.56. The first-order valence-corrected chi connectivity index (χ1v) is 13.5. The molecule has 1 unspecified atom stereocenters. The topological polar surface area (TPSA) is 101 Å². The minimum absolute atomic E-state index is 0.131. The lowest BCUT2D eigenvalue weighted by Gasteiger charge is -2.39. The van der Waals surface area contributed by atoms with E-state index in [0.717, 1.165) is 62.3 Å². The molecule has 7 rings (SSSR count). The van der Waals surface area contributed by atoms with Crippen molar-refractivity contribution in [3.63, 3.8) is 0 Å². The van der Waals surface area contributed by atoms with Crippen molar-refractivity contribution in [1.82, 2.24) is 35.0 Å². The molecule has 2 aliphatic heterocycles. The molecular formula is C28H31N7O3. The molecule has 38 heavy (non-hydrogen) atoms. The van der Waals surface area contributed by atoms with Gasteiger partial charge in [0.15, 0.2) is 17.3 Å². The van der Waals surface area contributed by atoms with E-state index >= 15 is 0 Å². The van der Waals surface area contributed by atoms with Crippen LogP contribution in [-0.4, -0.2) is 68.0 Å². The smallest absolute Gasteiger partial charge is 0.253 e. The number of aromatic amines is 1. The van der Waals surface area contributed by atoms with Gasteiger partial charge in [-0.25, -0.2) is 4.68 Å². The molecule has 2 fully saturated rings. The molecule has 10 heteroatoms. The average molecular weight is 514 g/mol. The van der Waals surface area contributed by atoms with Gasteiger partial charge in [0.25, 0.3) is 5.56 Å². The van der Waals surface area contributed by atoms with Crippen molar-refractivity contribution in [3.8, 4) is 11.5 Å². The highest BCUT2D eigenvalue weighted by Crippen LogP contribution is 2.37. The Morgan fingerprint density at radius 2 is 1.74 bits per heavy atom. The average Bonchev–Trinajstić information content (AvgIpc) is 3.72. The minimum Gasteiger partial charge on any atom is -0.454 e. The number of tetrazole rings is 1. The number of aromatic nitrogens is 5. The van der Waals surface area contributed by atoms with E-state index in [1.54, 1.807) is 0 Å². The van der Waals surface area contributed by atoms with Gasteiger partial charge < -0.3 is 14.5 Å². The fourth-order valence-corrected chi connectivity index (χ4v) is 6.13. The molecule has 2 aromatic carbocycles. The number of pyridine rings is 1. The van der Waals surface area contributed by atoms with Crippen molar-refractivity contribution in [2.24, 2.45) is 0 Å². The highest BCUT2D eigenvalue weighted by Gasteiger charge is 2.35. The first kappa shape index (κ1) is 23.4. The van der Waals surface area contributed by atoms with E-state index in [-0.39, 0.29) is 24.4 Å². The van der Waals surface area contributed by atoms with Gasteiger partial charge >= 0.3 is 0 Å². The van der Waals surface area contributed by atoms with Crippen molar-refractivity contribution in [2.75, 3.05) is 33.0 Å². The van der Waals surface area contributed by atoms with Gasteiger partial charge in [-0.1, -0.05) is 43.2 Å². The van der Waals surface area contributed by atoms with Gasteiger partial charge in [-0.2, -0.15) is 0 Å². The number of H-pyrrole nitrogens is 1. The Bertz CT molecular complexity index is 1490. The fourth-order valence-electron chi connectivity index (χ4n) is 6.13. The Hall–Kier alpha value is -3.76. The summed E-state index contributed by atoms with van der Waals surface area (Å²) in [6.07, 6.45) is 4.48. The van der Waals surface area contributed by atoms with Crippen LogP contribution in [0.1, 0.15) is 54.7 Å². The summed E-state index contributed by atoms with van der Waals surface area (Å²) in [7, 11) is 0. The third-order valence-corrected chi connectivity index (χ3v) is 8.12. The number of hydrogen-bond acceptors (Lipinski definition) is 8. The molecule has 0 radical (unpaired) electrons. The van der Waals surface area contributed by atoms with Crippen molar-refractivity contribution in [1.29, 1.82) is 0 Å². The third kappa shape index (κ3) is 4.33. The van der Waals surface area contributed by atoms with Crippen molar-refractivity contribution >= 4 is 10.9 Å². The van der Waals surface area contributed by atoms with Crippen molar-refractivity contribution in [3.05, 3.63) is 75.8 Å². The lowest BCUT2D eigenvalue weighted by molar-refractivity contribution is 0.0989. The lowest BCUT2D eigenvalue weighted by atomic mass is 10.0. The summed E-state index contributed by atoms with van der Waals surface area (Å²) in [6.45, 7) is 4.54. The van der Waals surface area contributed by atoms with Gasteiger partial charge in [0.05, 0.1) is 11.6 Å². The number of fused-ring (bicyclic) bond motifs is 2. The van der Waals surface area contributed by atoms with Crippen LogP contribution in [0.3, 0.4) is 0 Å². The van der Waals surface area contributed by atoms with Gasteiger partial charge in [-0.3, -0.25) is 14.6 Å². The lowest BCUT2D eigenvalue weighted by Crippen LogP contribution is -2.48. The molecule has 0 bridgehead atoms. The van der Waals surface area contributed by atoms with E-state index in [4.69, 9.17) is 9.47 Å². The number of piperazine rings is 1. The van der Waals surface area contributed by atoms with Gasteiger partial charge in [-0.15, -0.1) is 5.10 Å². The van der Waals surface area contributed by atoms with Crippen LogP contribution in [0.5, 0.6) is 11.5 Å². The summed E-state index contributed by atoms with van der Waals surface area (Å²) in [5, 5.41) is 13.9. The normalized spacial score (nSPS) is 19.4. The van der Waals surface area contributed by atoms with Gasteiger partial charge in [0.1, 0.15) is 6.04 Å². The summed E-state index contributed by atoms with van der Waals surface area (Å²) >= 11 is 0. The maximum atomic E-state index is 13.6. The fraction of sp³-hybridized carbons (Fsp3) is 0.429. The van der Waals surface area contributed by atoms with Gasteiger partial charge in [0.2, 0.25) is 6.79 Å². The summed E-state index contributed by atoms with van der Waals surface area (Å²) < 4.78 is 13.1. The molecule has 2 aromatic heterocycles. The maximum absolute atomic E-state index is 13.6. The van der Waals surface area contributed by atoms with Crippen LogP contribution in [0.4, 0.5) is 0 Å². The number of benzene rings is 2. The second-order valence-corrected chi connectivity index (χ2v) is 10.5. The molecule has 3 aliphatic rings. The van der Waals surface area contributed by atoms with E-state index in [9.17, 15) is 4.79 Å². The van der Waals surface area contributed by atoms with Crippen LogP contribution in [0, 0.1) is 0 Å². The number of nitrogens with zero attached hydrogens (tertiary/aromatic N) is 6. The molecule has 10 nitrogen and oxygen atoms in total. The molecule has 4 heterocycles. The van der Waals surface area contributed by atoms with Crippen LogP contribution in [0.2, 0.25) is 0 Å². The Morgan fingerprint density at radius 3 is 2.53 bits per heavy atom. The van der Waals surface area contributed by atoms with Crippen LogP contribution in [-0.2, 0) is 6.54 Å². The van der Waals surface area contributed by atoms with E-state index < -0.39 is 0 Å². The monoisotopic (exact) mass is 513 g/mol. The highest BCUT2D eigenvalue weighted by atomic mass is 16.7. The van der Waals surface area contributed by atoms with Crippen molar-refractivity contribution in [2.45, 2.75) is 44.3 Å². The molecule has 4 aromatic rings. The number of ether oxygens (including phenoxy) is 2. The van der Waals surface area contributed by atoms with Crippen molar-refractivity contribution < 1.29 is 9.47 Å². The SMILES string of the molecule is O=c1[nH]c2cc3c(cc2cc1C(c1nnnn1C1CCCC1)N1CCN(Cc2ccccc2)CC1)OCO3. The second kappa shape index (κ2) is 9.85. The minimum atomic E-state index is -0.344. The van der Waals surface area contributed by atoms with Gasteiger partial charge in [-0.05, 0) is 41.0 Å². The summed E-state index contributed by atoms with van der Waals surface area (Å²) in [4.78, 5) is 21.5. The van der Waals surface area contributed by atoms with Crippen LogP contribution >= 0.6 is 0 Å². The van der Waals surface area contributed by atoms with Crippen LogP contribution < -0.4 is 15.0 Å². The molecule has 0 amide bonds. The Kier molecular flexibility index (Phi) is 6.05. The maximum Gasteiger partial charge on any atom is 0.253 e. The molecule has 1 atom stereocenters. The second-order valence-electron chi connectivity index (χ2n) is 10.5. The molecule has 196 valence electrons. The molecule has 1 saturated heterocycles. The van der Waals surface area contributed by atoms with Gasteiger partial charge in [0, 0.05) is 49.7 Å². The Labute approximate surface area is 220 Å². The predicted molar refractivity (Wildman–Crippen MR) is 141 cm³/mol. The highest BCUT2D eigenvalue weighted by molar-refractivity contribution is 5.83. The number of hydrogen-bond donors (Lipinski definition) is 1. The molecule has 1 N–H and O–H groups in total. The van der Waals surface area contributed by atoms with E-state index in [0.29, 0.717) is 17.1 Å². The largest absolute Gasteiger partial charge is 0.454 e. The third-order valence-electron chi connectivity index (χ3n) is 8.12. The van der Waals surface area contributed by atoms with Crippen LogP contribution in [0.15, 0.2) is 53.3 Å². The van der Waals surface area contributed by atoms with E-state index in [2.05, 4.69) is 60.6 Å².